The smallest absolute Gasteiger partial charge is 0.290 e. The molecule has 3 nitrogen and oxygen atoms in total. The van der Waals surface area contributed by atoms with Gasteiger partial charge in [-0.05, 0) is 35.4 Å². The zero-order chi connectivity index (χ0) is 19.5. The second-order valence-electron chi connectivity index (χ2n) is 6.83. The van der Waals surface area contributed by atoms with Crippen molar-refractivity contribution in [2.45, 2.75) is 25.9 Å². The lowest BCUT2D eigenvalue weighted by atomic mass is 10.1. The molecule has 2 N–H and O–H groups in total. The fourth-order valence-electron chi connectivity index (χ4n) is 3.65. The number of nitrogen functional groups attached to an aromatic ring is 1. The molecule has 0 amide bonds. The van der Waals surface area contributed by atoms with E-state index in [-0.39, 0.29) is 0 Å². The van der Waals surface area contributed by atoms with E-state index in [0.717, 1.165) is 40.8 Å². The van der Waals surface area contributed by atoms with Crippen LogP contribution in [-0.4, -0.2) is 4.57 Å². The summed E-state index contributed by atoms with van der Waals surface area (Å²) in [5.41, 5.74) is 11.6. The molecular formula is C23H22Br2N3+. The number of hydrogen-bond acceptors (Lipinski definition) is 1. The maximum Gasteiger partial charge on any atom is 0.356 e. The van der Waals surface area contributed by atoms with Crippen LogP contribution in [0.15, 0.2) is 81.7 Å². The lowest BCUT2D eigenvalue weighted by Crippen LogP contribution is -2.37. The molecule has 3 aromatic carbocycles. The number of anilines is 1. The van der Waals surface area contributed by atoms with Crippen LogP contribution in [0.4, 0.5) is 5.95 Å². The molecule has 142 valence electrons. The molecule has 4 rings (SSSR count). The fraction of sp³-hybridized carbons (Fsp3) is 0.174. The third-order valence-corrected chi connectivity index (χ3v) is 6.69. The second kappa shape index (κ2) is 8.50. The molecule has 5 heteroatoms. The molecular weight excluding hydrogens is 478 g/mol. The molecule has 0 radical (unpaired) electrons. The first-order valence-electron chi connectivity index (χ1n) is 9.38. The lowest BCUT2D eigenvalue weighted by molar-refractivity contribution is -0.656. The standard InChI is InChI=1S/C23H21Br2N3/c24-19-9-3-1-7-17(19)13-15-27-21-11-5-6-12-22(21)28(23(27)26)16-14-18-8-2-4-10-20(18)25/h1-12,26H,13-16H2/p+1. The predicted octanol–water partition coefficient (Wildman–Crippen LogP) is 5.52. The van der Waals surface area contributed by atoms with Crippen molar-refractivity contribution in [3.63, 3.8) is 0 Å². The van der Waals surface area contributed by atoms with Crippen molar-refractivity contribution in [2.75, 3.05) is 5.73 Å². The van der Waals surface area contributed by atoms with Crippen LogP contribution in [0, 0.1) is 0 Å². The van der Waals surface area contributed by atoms with Crippen LogP contribution in [0.25, 0.3) is 11.0 Å². The van der Waals surface area contributed by atoms with E-state index in [1.54, 1.807) is 0 Å². The Bertz CT molecular complexity index is 1030. The number of fused-ring (bicyclic) bond motifs is 1. The van der Waals surface area contributed by atoms with Gasteiger partial charge in [0.15, 0.2) is 0 Å². The summed E-state index contributed by atoms with van der Waals surface area (Å²) in [5.74, 6) is 0.806. The third-order valence-electron chi connectivity index (χ3n) is 5.14. The van der Waals surface area contributed by atoms with Gasteiger partial charge in [0.25, 0.3) is 0 Å². The molecule has 1 aromatic heterocycles. The van der Waals surface area contributed by atoms with Gasteiger partial charge in [-0.3, -0.25) is 5.73 Å². The molecule has 0 bridgehead atoms. The maximum absolute atomic E-state index is 6.62. The fourth-order valence-corrected chi connectivity index (χ4v) is 4.62. The van der Waals surface area contributed by atoms with Crippen molar-refractivity contribution in [1.29, 1.82) is 0 Å². The first kappa shape index (κ1) is 19.2. The number of hydrogen-bond donors (Lipinski definition) is 1. The Labute approximate surface area is 182 Å². The topological polar surface area (TPSA) is 34.8 Å². The van der Waals surface area contributed by atoms with Gasteiger partial charge >= 0.3 is 5.95 Å². The average Bonchev–Trinajstić information content (AvgIpc) is 2.98. The van der Waals surface area contributed by atoms with Crippen LogP contribution in [0.1, 0.15) is 11.1 Å². The van der Waals surface area contributed by atoms with Crippen LogP contribution in [0.5, 0.6) is 0 Å². The van der Waals surface area contributed by atoms with Crippen LogP contribution in [0.3, 0.4) is 0 Å². The van der Waals surface area contributed by atoms with Gasteiger partial charge in [0.05, 0.1) is 13.1 Å². The zero-order valence-electron chi connectivity index (χ0n) is 15.5. The Morgan fingerprint density at radius 2 is 1.32 bits per heavy atom. The van der Waals surface area contributed by atoms with E-state index < -0.39 is 0 Å². The SMILES string of the molecule is Nc1n(CCc2ccccc2Br)c2ccccc2[n+]1CCc1ccccc1Br. The molecule has 1 heterocycles. The summed E-state index contributed by atoms with van der Waals surface area (Å²) in [7, 11) is 0. The molecule has 0 atom stereocenters. The Balaban J connectivity index is 1.64. The van der Waals surface area contributed by atoms with Gasteiger partial charge in [0, 0.05) is 21.8 Å². The number of para-hydroxylation sites is 2. The first-order valence-corrected chi connectivity index (χ1v) is 11.0. The van der Waals surface area contributed by atoms with Gasteiger partial charge in [0.2, 0.25) is 0 Å². The van der Waals surface area contributed by atoms with Gasteiger partial charge in [0.1, 0.15) is 11.0 Å². The third kappa shape index (κ3) is 3.87. The summed E-state index contributed by atoms with van der Waals surface area (Å²) in [6.45, 7) is 1.69. The van der Waals surface area contributed by atoms with E-state index in [2.05, 4.69) is 102 Å². The van der Waals surface area contributed by atoms with Gasteiger partial charge < -0.3 is 0 Å². The summed E-state index contributed by atoms with van der Waals surface area (Å²) in [5, 5.41) is 0. The highest BCUT2D eigenvalue weighted by atomic mass is 79.9. The molecule has 0 saturated carbocycles. The highest BCUT2D eigenvalue weighted by Gasteiger charge is 2.20. The van der Waals surface area contributed by atoms with Gasteiger partial charge in [-0.25, -0.2) is 9.13 Å². The average molecular weight is 500 g/mol. The first-order chi connectivity index (χ1) is 13.6. The maximum atomic E-state index is 6.62. The number of nitrogens with zero attached hydrogens (tertiary/aromatic N) is 2. The van der Waals surface area contributed by atoms with Crippen molar-refractivity contribution in [1.82, 2.24) is 4.57 Å². The van der Waals surface area contributed by atoms with Gasteiger partial charge in [-0.15, -0.1) is 0 Å². The minimum absolute atomic E-state index is 0.806. The monoisotopic (exact) mass is 498 g/mol. The summed E-state index contributed by atoms with van der Waals surface area (Å²) in [6.07, 6.45) is 1.85. The quantitative estimate of drug-likeness (QED) is 0.348. The van der Waals surface area contributed by atoms with Crippen LogP contribution < -0.4 is 10.3 Å². The molecule has 0 saturated heterocycles. The number of aromatic nitrogens is 2. The number of imidazole rings is 1. The number of benzene rings is 3. The summed E-state index contributed by atoms with van der Waals surface area (Å²) in [6, 6.07) is 25.2. The molecule has 28 heavy (non-hydrogen) atoms. The predicted molar refractivity (Wildman–Crippen MR) is 122 cm³/mol. The zero-order valence-corrected chi connectivity index (χ0v) is 18.7. The summed E-state index contributed by atoms with van der Waals surface area (Å²) in [4.78, 5) is 0. The number of halogens is 2. The Hall–Kier alpha value is -2.11. The molecule has 0 spiro atoms. The second-order valence-corrected chi connectivity index (χ2v) is 8.54. The van der Waals surface area contributed by atoms with Crippen molar-refractivity contribution < 1.29 is 4.57 Å². The Morgan fingerprint density at radius 3 is 2.00 bits per heavy atom. The van der Waals surface area contributed by atoms with E-state index >= 15 is 0 Å². The van der Waals surface area contributed by atoms with E-state index in [9.17, 15) is 0 Å². The molecule has 0 unspecified atom stereocenters. The molecule has 0 fully saturated rings. The van der Waals surface area contributed by atoms with E-state index in [1.807, 2.05) is 12.1 Å². The Kier molecular flexibility index (Phi) is 5.83. The minimum Gasteiger partial charge on any atom is -0.290 e. The number of rotatable bonds is 6. The summed E-state index contributed by atoms with van der Waals surface area (Å²) < 4.78 is 6.75. The van der Waals surface area contributed by atoms with Gasteiger partial charge in [-0.1, -0.05) is 80.4 Å². The normalized spacial score (nSPS) is 11.2. The Morgan fingerprint density at radius 1 is 0.750 bits per heavy atom. The van der Waals surface area contributed by atoms with Crippen molar-refractivity contribution in [3.8, 4) is 0 Å². The lowest BCUT2D eigenvalue weighted by Gasteiger charge is -2.06. The van der Waals surface area contributed by atoms with E-state index in [4.69, 9.17) is 5.73 Å². The van der Waals surface area contributed by atoms with Crippen molar-refractivity contribution in [3.05, 3.63) is 92.9 Å². The minimum atomic E-state index is 0.806. The molecule has 0 aliphatic heterocycles. The molecule has 0 aliphatic carbocycles. The molecule has 4 aromatic rings. The largest absolute Gasteiger partial charge is 0.356 e. The number of aryl methyl sites for hydroxylation is 4. The van der Waals surface area contributed by atoms with Crippen LogP contribution >= 0.6 is 31.9 Å². The van der Waals surface area contributed by atoms with Gasteiger partial charge in [-0.2, -0.15) is 0 Å². The van der Waals surface area contributed by atoms with Crippen molar-refractivity contribution in [2.24, 2.45) is 0 Å². The van der Waals surface area contributed by atoms with Crippen molar-refractivity contribution >= 4 is 48.8 Å². The van der Waals surface area contributed by atoms with Crippen LogP contribution in [-0.2, 0) is 25.9 Å². The number of nitrogens with two attached hydrogens (primary N) is 1. The van der Waals surface area contributed by atoms with Crippen LogP contribution in [0.2, 0.25) is 0 Å². The summed E-state index contributed by atoms with van der Waals surface area (Å²) >= 11 is 7.30. The van der Waals surface area contributed by atoms with E-state index in [1.165, 1.54) is 22.2 Å². The van der Waals surface area contributed by atoms with E-state index in [0.29, 0.717) is 0 Å². The highest BCUT2D eigenvalue weighted by Crippen LogP contribution is 2.21. The molecule has 0 aliphatic rings. The highest BCUT2D eigenvalue weighted by molar-refractivity contribution is 9.10.